The molecular formula is C37H36Cl2F2N8O4. The summed E-state index contributed by atoms with van der Waals surface area (Å²) in [6, 6.07) is 12.9. The van der Waals surface area contributed by atoms with Crippen LogP contribution in [-0.2, 0) is 25.3 Å². The predicted molar refractivity (Wildman–Crippen MR) is 199 cm³/mol. The summed E-state index contributed by atoms with van der Waals surface area (Å²) in [6.45, 7) is 0.819. The summed E-state index contributed by atoms with van der Waals surface area (Å²) in [6.07, 6.45) is 0.963. The van der Waals surface area contributed by atoms with Crippen LogP contribution in [0.5, 0.6) is 5.88 Å². The fourth-order valence-corrected chi connectivity index (χ4v) is 7.89. The van der Waals surface area contributed by atoms with E-state index in [9.17, 15) is 23.2 Å². The summed E-state index contributed by atoms with van der Waals surface area (Å²) in [5.74, 6) is -0.457. The number of hydrogen-bond acceptors (Lipinski definition) is 9. The van der Waals surface area contributed by atoms with Crippen LogP contribution in [0.1, 0.15) is 55.1 Å². The number of halogens is 4. The molecule has 5 aromatic rings. The van der Waals surface area contributed by atoms with E-state index in [0.717, 1.165) is 52.5 Å². The molecule has 0 radical (unpaired) electrons. The Morgan fingerprint density at radius 1 is 0.981 bits per heavy atom. The Bertz CT molecular complexity index is 2400. The summed E-state index contributed by atoms with van der Waals surface area (Å²) < 4.78 is 35.5. The minimum absolute atomic E-state index is 0.113. The number of rotatable bonds is 10. The molecule has 53 heavy (non-hydrogen) atoms. The van der Waals surface area contributed by atoms with Crippen LogP contribution >= 0.6 is 23.2 Å². The minimum Gasteiger partial charge on any atom is -0.481 e. The maximum Gasteiger partial charge on any atom is 0.332 e. The van der Waals surface area contributed by atoms with Gasteiger partial charge < -0.3 is 15.4 Å². The van der Waals surface area contributed by atoms with Gasteiger partial charge in [0.05, 0.1) is 28.5 Å². The van der Waals surface area contributed by atoms with Crippen molar-refractivity contribution in [3.8, 4) is 28.3 Å². The molecule has 2 aromatic carbocycles. The Morgan fingerprint density at radius 2 is 1.70 bits per heavy atom. The zero-order chi connectivity index (χ0) is 37.7. The normalized spacial score (nSPS) is 16.8. The number of anilines is 2. The Labute approximate surface area is 312 Å². The second kappa shape index (κ2) is 14.5. The summed E-state index contributed by atoms with van der Waals surface area (Å²) in [4.78, 5) is 52.4. The molecule has 1 saturated heterocycles. The van der Waals surface area contributed by atoms with Gasteiger partial charge in [-0.05, 0) is 50.4 Å². The van der Waals surface area contributed by atoms with E-state index < -0.39 is 23.5 Å². The molecule has 7 rings (SSSR count). The summed E-state index contributed by atoms with van der Waals surface area (Å²) in [5.41, 5.74) is 3.06. The van der Waals surface area contributed by atoms with Gasteiger partial charge in [-0.1, -0.05) is 53.5 Å². The lowest BCUT2D eigenvalue weighted by Gasteiger charge is -2.27. The minimum atomic E-state index is -3.08. The first-order chi connectivity index (χ1) is 25.4. The summed E-state index contributed by atoms with van der Waals surface area (Å²) >= 11 is 14.1. The maximum atomic E-state index is 13.9. The van der Waals surface area contributed by atoms with E-state index in [0.29, 0.717) is 39.7 Å². The Hall–Kier alpha value is -4.92. The first-order valence-electron chi connectivity index (χ1n) is 17.1. The van der Waals surface area contributed by atoms with Gasteiger partial charge in [-0.2, -0.15) is 0 Å². The van der Waals surface area contributed by atoms with E-state index in [1.165, 1.54) is 14.1 Å². The molecule has 2 N–H and O–H groups in total. The zero-order valence-corrected chi connectivity index (χ0v) is 30.9. The first-order valence-corrected chi connectivity index (χ1v) is 17.8. The molecular weight excluding hydrogens is 729 g/mol. The number of pyridine rings is 1. The number of nitrogens with zero attached hydrogens (tertiary/aromatic N) is 6. The number of carbonyl (C=O) groups excluding carboxylic acids is 1. The van der Waals surface area contributed by atoms with Gasteiger partial charge in [0.2, 0.25) is 11.8 Å². The second-order valence-electron chi connectivity index (χ2n) is 13.3. The molecule has 0 bridgehead atoms. The topological polar surface area (TPSA) is 136 Å². The van der Waals surface area contributed by atoms with E-state index in [2.05, 4.69) is 32.5 Å². The quantitative estimate of drug-likeness (QED) is 0.167. The molecule has 0 spiro atoms. The maximum absolute atomic E-state index is 13.9. The monoisotopic (exact) mass is 764 g/mol. The third-order valence-electron chi connectivity index (χ3n) is 10.1. The molecule has 16 heteroatoms. The van der Waals surface area contributed by atoms with Crippen LogP contribution in [0.3, 0.4) is 0 Å². The Morgan fingerprint density at radius 3 is 2.40 bits per heavy atom. The highest BCUT2D eigenvalue weighted by molar-refractivity contribution is 6.39. The van der Waals surface area contributed by atoms with E-state index in [1.54, 1.807) is 31.4 Å². The zero-order valence-electron chi connectivity index (χ0n) is 29.3. The predicted octanol–water partition coefficient (Wildman–Crippen LogP) is 6.34. The van der Waals surface area contributed by atoms with E-state index in [-0.39, 0.29) is 45.6 Å². The lowest BCUT2D eigenvalue weighted by Crippen LogP contribution is -2.38. The van der Waals surface area contributed by atoms with Gasteiger partial charge >= 0.3 is 5.69 Å². The number of amides is 1. The number of fused-ring (bicyclic) bond motifs is 2. The molecule has 4 heterocycles. The fraction of sp³-hybridized carbons (Fsp3) is 0.351. The summed E-state index contributed by atoms with van der Waals surface area (Å²) in [5, 5.41) is 6.39. The smallest absolute Gasteiger partial charge is 0.332 e. The number of ether oxygens (including phenoxy) is 1. The van der Waals surface area contributed by atoms with Crippen LogP contribution in [0.4, 0.5) is 20.3 Å². The molecule has 3 aromatic heterocycles. The number of aromatic nitrogens is 5. The molecule has 2 unspecified atom stereocenters. The first kappa shape index (κ1) is 36.4. The molecule has 1 amide bonds. The standard InChI is InChI=1S/C37H36Cl2F2N8O4/c1-47(16-15-19-12-14-26(50)42-19)25-13-11-18-17-24(44-35(53-4)27(18)25)22-9-5-7-20(29(22)38)21-8-6-10-23(30(21)39)43-32-28-34(46-33(45-32)31(40)41)48(2)37(52)49(3)36(28)51/h5-10,17,19,25,31H,11-16H2,1-4H3,(H,42,50)(H,43,45,46). The molecule has 1 aliphatic heterocycles. The van der Waals surface area contributed by atoms with E-state index in [4.69, 9.17) is 32.9 Å². The van der Waals surface area contributed by atoms with Gasteiger partial charge in [0, 0.05) is 61.4 Å². The van der Waals surface area contributed by atoms with Crippen LogP contribution in [0.25, 0.3) is 33.4 Å². The number of hydrogen-bond donors (Lipinski definition) is 2. The molecule has 1 fully saturated rings. The number of alkyl halides is 2. The highest BCUT2D eigenvalue weighted by atomic mass is 35.5. The van der Waals surface area contributed by atoms with Crippen molar-refractivity contribution >= 4 is 51.6 Å². The Kier molecular flexibility index (Phi) is 9.96. The van der Waals surface area contributed by atoms with Crippen LogP contribution in [0.2, 0.25) is 10.0 Å². The van der Waals surface area contributed by atoms with E-state index >= 15 is 0 Å². The van der Waals surface area contributed by atoms with Gasteiger partial charge in [-0.15, -0.1) is 0 Å². The fourth-order valence-electron chi connectivity index (χ4n) is 7.29. The Balaban J connectivity index is 1.22. The molecule has 1 aliphatic carbocycles. The molecule has 0 saturated carbocycles. The van der Waals surface area contributed by atoms with Crippen molar-refractivity contribution in [2.24, 2.45) is 14.1 Å². The highest BCUT2D eigenvalue weighted by Gasteiger charge is 2.32. The van der Waals surface area contributed by atoms with Gasteiger partial charge in [0.15, 0.2) is 11.5 Å². The number of aryl methyl sites for hydroxylation is 2. The molecule has 2 aliphatic rings. The van der Waals surface area contributed by atoms with Crippen LogP contribution in [0.15, 0.2) is 52.1 Å². The van der Waals surface area contributed by atoms with E-state index in [1.807, 2.05) is 18.2 Å². The lowest BCUT2D eigenvalue weighted by molar-refractivity contribution is -0.119. The number of carbonyl (C=O) groups is 1. The summed E-state index contributed by atoms with van der Waals surface area (Å²) in [7, 11) is 6.30. The molecule has 2 atom stereocenters. The number of methoxy groups -OCH3 is 1. The van der Waals surface area contributed by atoms with Crippen molar-refractivity contribution in [2.75, 3.05) is 26.0 Å². The lowest BCUT2D eigenvalue weighted by atomic mass is 9.99. The molecule has 276 valence electrons. The number of nitrogens with one attached hydrogen (secondary N) is 2. The average Bonchev–Trinajstić information content (AvgIpc) is 3.78. The average molecular weight is 766 g/mol. The van der Waals surface area contributed by atoms with Gasteiger partial charge in [-0.3, -0.25) is 23.6 Å². The van der Waals surface area contributed by atoms with Crippen LogP contribution in [-0.4, -0.2) is 61.6 Å². The van der Waals surface area contributed by atoms with Crippen LogP contribution < -0.4 is 26.6 Å². The third kappa shape index (κ3) is 6.64. The van der Waals surface area contributed by atoms with Gasteiger partial charge in [0.25, 0.3) is 12.0 Å². The second-order valence-corrected chi connectivity index (χ2v) is 14.1. The van der Waals surface area contributed by atoms with Crippen molar-refractivity contribution in [3.63, 3.8) is 0 Å². The van der Waals surface area contributed by atoms with Crippen molar-refractivity contribution in [3.05, 3.63) is 90.3 Å². The van der Waals surface area contributed by atoms with Crippen molar-refractivity contribution < 1.29 is 18.3 Å². The third-order valence-corrected chi connectivity index (χ3v) is 10.9. The van der Waals surface area contributed by atoms with Crippen molar-refractivity contribution in [2.45, 2.75) is 50.6 Å². The molecule has 12 nitrogen and oxygen atoms in total. The van der Waals surface area contributed by atoms with Crippen LogP contribution in [0, 0.1) is 0 Å². The largest absolute Gasteiger partial charge is 0.481 e. The van der Waals surface area contributed by atoms with Crippen molar-refractivity contribution in [1.29, 1.82) is 0 Å². The van der Waals surface area contributed by atoms with Gasteiger partial charge in [0.1, 0.15) is 11.2 Å². The highest BCUT2D eigenvalue weighted by Crippen LogP contribution is 2.45. The van der Waals surface area contributed by atoms with Crippen molar-refractivity contribution in [1.82, 2.24) is 34.3 Å². The van der Waals surface area contributed by atoms with Gasteiger partial charge in [-0.25, -0.2) is 28.5 Å². The number of benzene rings is 2. The SMILES string of the molecule is COc1nc(-c2cccc(-c3cccc(Nc4nc(C(F)F)nc5c4c(=O)n(C)c(=O)n5C)c3Cl)c2Cl)cc2c1C(N(C)CCC1CCC(=O)N1)CC2.